The summed E-state index contributed by atoms with van der Waals surface area (Å²) < 4.78 is 0. The number of rotatable bonds is 6. The van der Waals surface area contributed by atoms with E-state index >= 15 is 0 Å². The number of hydrogen-bond acceptors (Lipinski definition) is 3. The molecular formula is C20H18ClN3. The monoisotopic (exact) mass is 335 g/mol. The SMILES string of the molecule is C=CCN(CC=C)c1nc(-c2ccccc2Cl)nc2ccccc12. The predicted molar refractivity (Wildman–Crippen MR) is 103 cm³/mol. The Balaban J connectivity index is 2.25. The lowest BCUT2D eigenvalue weighted by Crippen LogP contribution is -2.24. The van der Waals surface area contributed by atoms with Crippen molar-refractivity contribution >= 4 is 28.3 Å². The van der Waals surface area contributed by atoms with Crippen LogP contribution in [-0.2, 0) is 0 Å². The summed E-state index contributed by atoms with van der Waals surface area (Å²) in [5.74, 6) is 1.47. The van der Waals surface area contributed by atoms with Crippen molar-refractivity contribution in [1.82, 2.24) is 9.97 Å². The molecule has 3 aromatic rings. The van der Waals surface area contributed by atoms with E-state index < -0.39 is 0 Å². The Bertz CT molecular complexity index is 879. The predicted octanol–water partition coefficient (Wildman–Crippen LogP) is 5.13. The van der Waals surface area contributed by atoms with Gasteiger partial charge in [0.2, 0.25) is 0 Å². The van der Waals surface area contributed by atoms with E-state index in [2.05, 4.69) is 18.1 Å². The highest BCUT2D eigenvalue weighted by Gasteiger charge is 2.15. The van der Waals surface area contributed by atoms with Crippen molar-refractivity contribution < 1.29 is 0 Å². The minimum absolute atomic E-state index is 0.618. The second-order valence-corrected chi connectivity index (χ2v) is 5.76. The first kappa shape index (κ1) is 16.2. The quantitative estimate of drug-likeness (QED) is 0.585. The van der Waals surface area contributed by atoms with Crippen molar-refractivity contribution in [3.05, 3.63) is 78.9 Å². The smallest absolute Gasteiger partial charge is 0.163 e. The summed E-state index contributed by atoms with van der Waals surface area (Å²) in [7, 11) is 0. The number of nitrogens with zero attached hydrogens (tertiary/aromatic N) is 3. The topological polar surface area (TPSA) is 29.0 Å². The summed E-state index contributed by atoms with van der Waals surface area (Å²) in [6.07, 6.45) is 3.71. The molecule has 1 aromatic heterocycles. The summed E-state index contributed by atoms with van der Waals surface area (Å²) in [5, 5.41) is 1.63. The summed E-state index contributed by atoms with van der Waals surface area (Å²) in [5.41, 5.74) is 1.71. The fourth-order valence-corrected chi connectivity index (χ4v) is 2.84. The Morgan fingerprint density at radius 3 is 2.29 bits per heavy atom. The van der Waals surface area contributed by atoms with Gasteiger partial charge in [0.15, 0.2) is 5.82 Å². The van der Waals surface area contributed by atoms with E-state index in [9.17, 15) is 0 Å². The minimum Gasteiger partial charge on any atom is -0.349 e. The number of halogens is 1. The molecule has 0 fully saturated rings. The first-order chi connectivity index (χ1) is 11.7. The van der Waals surface area contributed by atoms with Gasteiger partial charge in [-0.05, 0) is 24.3 Å². The molecule has 0 aliphatic heterocycles. The lowest BCUT2D eigenvalue weighted by molar-refractivity contribution is 0.930. The van der Waals surface area contributed by atoms with E-state index in [0.717, 1.165) is 22.3 Å². The van der Waals surface area contributed by atoms with E-state index in [0.29, 0.717) is 23.9 Å². The molecule has 0 radical (unpaired) electrons. The molecule has 1 heterocycles. The number of benzene rings is 2. The van der Waals surface area contributed by atoms with Crippen LogP contribution in [0.25, 0.3) is 22.3 Å². The highest BCUT2D eigenvalue weighted by atomic mass is 35.5. The zero-order chi connectivity index (χ0) is 16.9. The molecule has 4 heteroatoms. The summed E-state index contributed by atoms with van der Waals surface area (Å²) in [4.78, 5) is 11.6. The molecule has 0 aliphatic carbocycles. The van der Waals surface area contributed by atoms with E-state index in [1.807, 2.05) is 60.7 Å². The van der Waals surface area contributed by atoms with Crippen LogP contribution in [0.3, 0.4) is 0 Å². The molecule has 0 bridgehead atoms. The lowest BCUT2D eigenvalue weighted by Gasteiger charge is -2.22. The maximum absolute atomic E-state index is 6.34. The van der Waals surface area contributed by atoms with Gasteiger partial charge in [0.25, 0.3) is 0 Å². The third-order valence-electron chi connectivity index (χ3n) is 3.70. The minimum atomic E-state index is 0.618. The van der Waals surface area contributed by atoms with Crippen molar-refractivity contribution in [2.45, 2.75) is 0 Å². The molecular weight excluding hydrogens is 318 g/mol. The van der Waals surface area contributed by atoms with Gasteiger partial charge < -0.3 is 4.90 Å². The Morgan fingerprint density at radius 1 is 0.917 bits per heavy atom. The second-order valence-electron chi connectivity index (χ2n) is 5.35. The molecule has 3 rings (SSSR count). The molecule has 120 valence electrons. The second kappa shape index (κ2) is 7.28. The van der Waals surface area contributed by atoms with Crippen LogP contribution in [-0.4, -0.2) is 23.1 Å². The summed E-state index contributed by atoms with van der Waals surface area (Å²) in [6.45, 7) is 9.04. The summed E-state index contributed by atoms with van der Waals surface area (Å²) in [6, 6.07) is 15.6. The maximum atomic E-state index is 6.34. The fraction of sp³-hybridized carbons (Fsp3) is 0.100. The molecule has 0 spiro atoms. The molecule has 0 saturated carbocycles. The summed E-state index contributed by atoms with van der Waals surface area (Å²) >= 11 is 6.34. The van der Waals surface area contributed by atoms with Gasteiger partial charge in [-0.3, -0.25) is 0 Å². The fourth-order valence-electron chi connectivity index (χ4n) is 2.62. The zero-order valence-electron chi connectivity index (χ0n) is 13.3. The number of aromatic nitrogens is 2. The van der Waals surface area contributed by atoms with Crippen molar-refractivity contribution in [3.8, 4) is 11.4 Å². The molecule has 0 N–H and O–H groups in total. The highest BCUT2D eigenvalue weighted by Crippen LogP contribution is 2.30. The van der Waals surface area contributed by atoms with Crippen LogP contribution in [0.15, 0.2) is 73.8 Å². The van der Waals surface area contributed by atoms with Gasteiger partial charge in [0, 0.05) is 24.0 Å². The number of fused-ring (bicyclic) bond motifs is 1. The average molecular weight is 336 g/mol. The molecule has 0 aliphatic rings. The van der Waals surface area contributed by atoms with Gasteiger partial charge >= 0.3 is 0 Å². The van der Waals surface area contributed by atoms with Gasteiger partial charge in [-0.2, -0.15) is 0 Å². The van der Waals surface area contributed by atoms with E-state index in [-0.39, 0.29) is 0 Å². The number of hydrogen-bond donors (Lipinski definition) is 0. The van der Waals surface area contributed by atoms with Crippen molar-refractivity contribution in [1.29, 1.82) is 0 Å². The van der Waals surface area contributed by atoms with Crippen molar-refractivity contribution in [3.63, 3.8) is 0 Å². The van der Waals surface area contributed by atoms with Crippen molar-refractivity contribution in [2.75, 3.05) is 18.0 Å². The van der Waals surface area contributed by atoms with Crippen LogP contribution in [0.5, 0.6) is 0 Å². The third-order valence-corrected chi connectivity index (χ3v) is 4.03. The van der Waals surface area contributed by atoms with E-state index in [4.69, 9.17) is 21.6 Å². The van der Waals surface area contributed by atoms with Gasteiger partial charge in [0.1, 0.15) is 5.82 Å². The van der Waals surface area contributed by atoms with Crippen LogP contribution >= 0.6 is 11.6 Å². The van der Waals surface area contributed by atoms with Crippen LogP contribution in [0.2, 0.25) is 5.02 Å². The largest absolute Gasteiger partial charge is 0.349 e. The molecule has 0 amide bonds. The third kappa shape index (κ3) is 3.17. The van der Waals surface area contributed by atoms with Gasteiger partial charge in [-0.1, -0.05) is 48.0 Å². The number of para-hydroxylation sites is 1. The standard InChI is InChI=1S/C20H18ClN3/c1-3-13-24(14-4-2)20-16-10-6-8-12-18(16)22-19(23-20)15-9-5-7-11-17(15)21/h3-12H,1-2,13-14H2. The van der Waals surface area contributed by atoms with Gasteiger partial charge in [-0.25, -0.2) is 9.97 Å². The molecule has 0 atom stereocenters. The van der Waals surface area contributed by atoms with Crippen LogP contribution in [0.4, 0.5) is 5.82 Å². The average Bonchev–Trinajstić information content (AvgIpc) is 2.61. The molecule has 3 nitrogen and oxygen atoms in total. The van der Waals surface area contributed by atoms with Crippen LogP contribution in [0.1, 0.15) is 0 Å². The highest BCUT2D eigenvalue weighted by molar-refractivity contribution is 6.33. The Morgan fingerprint density at radius 2 is 1.58 bits per heavy atom. The Hall–Kier alpha value is -2.65. The van der Waals surface area contributed by atoms with Crippen LogP contribution < -0.4 is 4.90 Å². The maximum Gasteiger partial charge on any atom is 0.163 e. The lowest BCUT2D eigenvalue weighted by atomic mass is 10.1. The first-order valence-corrected chi connectivity index (χ1v) is 8.11. The zero-order valence-corrected chi connectivity index (χ0v) is 14.1. The van der Waals surface area contributed by atoms with E-state index in [1.54, 1.807) is 0 Å². The van der Waals surface area contributed by atoms with Gasteiger partial charge in [-0.15, -0.1) is 13.2 Å². The molecule has 0 saturated heterocycles. The van der Waals surface area contributed by atoms with Crippen LogP contribution in [0, 0.1) is 0 Å². The molecule has 2 aromatic carbocycles. The van der Waals surface area contributed by atoms with Crippen molar-refractivity contribution in [2.24, 2.45) is 0 Å². The first-order valence-electron chi connectivity index (χ1n) is 7.73. The molecule has 24 heavy (non-hydrogen) atoms. The van der Waals surface area contributed by atoms with E-state index in [1.165, 1.54) is 0 Å². The molecule has 0 unspecified atom stereocenters. The number of anilines is 1. The van der Waals surface area contributed by atoms with Gasteiger partial charge in [0.05, 0.1) is 10.5 Å². The normalized spacial score (nSPS) is 10.5. The Labute approximate surface area is 146 Å². The Kier molecular flexibility index (Phi) is 4.92.